The average Bonchev–Trinajstić information content (AvgIpc) is 3.30. The van der Waals surface area contributed by atoms with Crippen LogP contribution >= 0.6 is 0 Å². The Labute approximate surface area is 170 Å². The quantitative estimate of drug-likeness (QED) is 0.458. The Kier molecular flexibility index (Phi) is 5.56. The van der Waals surface area contributed by atoms with Gasteiger partial charge in [-0.1, -0.05) is 0 Å². The van der Waals surface area contributed by atoms with Crippen LogP contribution in [0.25, 0.3) is 10.9 Å². The van der Waals surface area contributed by atoms with Crippen molar-refractivity contribution >= 4 is 16.9 Å². The number of fused-ring (bicyclic) bond motifs is 2. The molecule has 7 heteroatoms. The highest BCUT2D eigenvalue weighted by molar-refractivity contribution is 5.83. The van der Waals surface area contributed by atoms with Crippen LogP contribution in [0.15, 0.2) is 35.6 Å². The van der Waals surface area contributed by atoms with Gasteiger partial charge in [-0.25, -0.2) is 4.39 Å². The topological polar surface area (TPSA) is 70.0 Å². The number of guanidine groups is 1. The summed E-state index contributed by atoms with van der Waals surface area (Å²) in [6, 6.07) is 5.60. The number of hydrogen-bond donors (Lipinski definition) is 3. The van der Waals surface area contributed by atoms with Gasteiger partial charge in [-0.05, 0) is 62.4 Å². The first-order chi connectivity index (χ1) is 14.0. The molecule has 2 heterocycles. The molecular weight excluding hydrogens is 367 g/mol. The highest BCUT2D eigenvalue weighted by Crippen LogP contribution is 2.22. The van der Waals surface area contributed by atoms with E-state index in [1.54, 1.807) is 7.05 Å². The van der Waals surface area contributed by atoms with E-state index < -0.39 is 0 Å². The number of hydrogen-bond acceptors (Lipinski definition) is 2. The van der Waals surface area contributed by atoms with Crippen molar-refractivity contribution in [1.82, 2.24) is 25.4 Å². The molecular formula is C22H29FN6. The van der Waals surface area contributed by atoms with Crippen LogP contribution in [0.4, 0.5) is 4.39 Å². The SMILES string of the molecule is CN=C(NCCc1c[nH]c2cc(F)ccc12)NC1CCc2cn(C(C)C)nc2C1. The van der Waals surface area contributed by atoms with Crippen LogP contribution in [0, 0.1) is 5.82 Å². The molecule has 1 aliphatic rings. The molecule has 0 bridgehead atoms. The summed E-state index contributed by atoms with van der Waals surface area (Å²) in [5.74, 6) is 0.593. The summed E-state index contributed by atoms with van der Waals surface area (Å²) in [5.41, 5.74) is 4.57. The van der Waals surface area contributed by atoms with E-state index in [2.05, 4.69) is 45.3 Å². The van der Waals surface area contributed by atoms with Gasteiger partial charge < -0.3 is 15.6 Å². The maximum absolute atomic E-state index is 13.3. The smallest absolute Gasteiger partial charge is 0.191 e. The first-order valence-electron chi connectivity index (χ1n) is 10.3. The van der Waals surface area contributed by atoms with E-state index in [9.17, 15) is 4.39 Å². The second-order valence-corrected chi connectivity index (χ2v) is 8.01. The van der Waals surface area contributed by atoms with Crippen LogP contribution in [0.3, 0.4) is 0 Å². The van der Waals surface area contributed by atoms with Gasteiger partial charge in [0, 0.05) is 55.4 Å². The molecule has 0 spiro atoms. The highest BCUT2D eigenvalue weighted by Gasteiger charge is 2.23. The third kappa shape index (κ3) is 4.28. The lowest BCUT2D eigenvalue weighted by atomic mass is 9.94. The molecule has 0 saturated heterocycles. The fraction of sp³-hybridized carbons (Fsp3) is 0.455. The molecule has 0 amide bonds. The maximum Gasteiger partial charge on any atom is 0.191 e. The van der Waals surface area contributed by atoms with Gasteiger partial charge in [0.1, 0.15) is 5.82 Å². The first kappa shape index (κ1) is 19.5. The average molecular weight is 397 g/mol. The second kappa shape index (κ2) is 8.27. The molecule has 1 atom stereocenters. The van der Waals surface area contributed by atoms with Crippen molar-refractivity contribution in [3.8, 4) is 0 Å². The minimum absolute atomic E-state index is 0.220. The molecule has 1 aliphatic carbocycles. The molecule has 154 valence electrons. The molecule has 1 aromatic carbocycles. The van der Waals surface area contributed by atoms with Crippen molar-refractivity contribution in [2.75, 3.05) is 13.6 Å². The first-order valence-corrected chi connectivity index (χ1v) is 10.3. The molecule has 2 aromatic heterocycles. The van der Waals surface area contributed by atoms with Gasteiger partial charge >= 0.3 is 0 Å². The number of benzene rings is 1. The summed E-state index contributed by atoms with van der Waals surface area (Å²) >= 11 is 0. The molecule has 0 saturated carbocycles. The third-order valence-electron chi connectivity index (χ3n) is 5.61. The monoisotopic (exact) mass is 396 g/mol. The molecule has 0 aliphatic heterocycles. The van der Waals surface area contributed by atoms with Gasteiger partial charge in [0.25, 0.3) is 0 Å². The van der Waals surface area contributed by atoms with Crippen LogP contribution < -0.4 is 10.6 Å². The minimum Gasteiger partial charge on any atom is -0.361 e. The normalized spacial score (nSPS) is 17.0. The number of aromatic amines is 1. The third-order valence-corrected chi connectivity index (χ3v) is 5.61. The number of nitrogens with zero attached hydrogens (tertiary/aromatic N) is 3. The molecule has 4 rings (SSSR count). The Morgan fingerprint density at radius 1 is 1.41 bits per heavy atom. The lowest BCUT2D eigenvalue weighted by Crippen LogP contribution is -2.46. The van der Waals surface area contributed by atoms with Crippen molar-refractivity contribution in [1.29, 1.82) is 0 Å². The zero-order chi connectivity index (χ0) is 20.4. The van der Waals surface area contributed by atoms with Crippen molar-refractivity contribution in [2.24, 2.45) is 4.99 Å². The van der Waals surface area contributed by atoms with Crippen molar-refractivity contribution in [3.05, 3.63) is 53.2 Å². The van der Waals surface area contributed by atoms with E-state index >= 15 is 0 Å². The summed E-state index contributed by atoms with van der Waals surface area (Å²) in [4.78, 5) is 7.52. The maximum atomic E-state index is 13.3. The lowest BCUT2D eigenvalue weighted by Gasteiger charge is -2.24. The van der Waals surface area contributed by atoms with Crippen LogP contribution in [0.5, 0.6) is 0 Å². The number of halogens is 1. The van der Waals surface area contributed by atoms with Crippen LogP contribution in [0.1, 0.15) is 43.1 Å². The zero-order valence-corrected chi connectivity index (χ0v) is 17.3. The number of aryl methyl sites for hydroxylation is 1. The van der Waals surface area contributed by atoms with Crippen molar-refractivity contribution in [2.45, 2.75) is 51.6 Å². The predicted octanol–water partition coefficient (Wildman–Crippen LogP) is 3.35. The minimum atomic E-state index is -0.220. The van der Waals surface area contributed by atoms with Gasteiger partial charge in [-0.2, -0.15) is 5.10 Å². The summed E-state index contributed by atoms with van der Waals surface area (Å²) < 4.78 is 15.4. The zero-order valence-electron chi connectivity index (χ0n) is 17.3. The number of rotatable bonds is 5. The summed E-state index contributed by atoms with van der Waals surface area (Å²) in [6.07, 6.45) is 8.02. The summed E-state index contributed by atoms with van der Waals surface area (Å²) in [7, 11) is 1.80. The Bertz CT molecular complexity index is 1020. The molecule has 1 unspecified atom stereocenters. The number of aromatic nitrogens is 3. The van der Waals surface area contributed by atoms with Crippen molar-refractivity contribution in [3.63, 3.8) is 0 Å². The number of aliphatic imine (C=N–C) groups is 1. The van der Waals surface area contributed by atoms with Crippen LogP contribution in [0.2, 0.25) is 0 Å². The fourth-order valence-electron chi connectivity index (χ4n) is 3.97. The highest BCUT2D eigenvalue weighted by atomic mass is 19.1. The number of H-pyrrole nitrogens is 1. The van der Waals surface area contributed by atoms with Crippen molar-refractivity contribution < 1.29 is 4.39 Å². The van der Waals surface area contributed by atoms with E-state index in [-0.39, 0.29) is 5.82 Å². The predicted molar refractivity (Wildman–Crippen MR) is 115 cm³/mol. The lowest BCUT2D eigenvalue weighted by molar-refractivity contribution is 0.499. The molecule has 3 N–H and O–H groups in total. The largest absolute Gasteiger partial charge is 0.361 e. The van der Waals surface area contributed by atoms with E-state index in [1.807, 2.05) is 12.3 Å². The van der Waals surface area contributed by atoms with Gasteiger partial charge in [0.05, 0.1) is 5.69 Å². The standard InChI is InChI=1S/C22H29FN6/c1-14(2)29-13-16-4-6-18(11-20(16)28-29)27-22(24-3)25-9-8-15-12-26-21-10-17(23)5-7-19(15)21/h5,7,10,12-14,18,26H,4,6,8-9,11H2,1-3H3,(H2,24,25,27). The van der Waals surface area contributed by atoms with Crippen LogP contribution in [-0.4, -0.2) is 40.4 Å². The summed E-state index contributed by atoms with van der Waals surface area (Å²) in [6.45, 7) is 5.07. The fourth-order valence-corrected chi connectivity index (χ4v) is 3.97. The van der Waals surface area contributed by atoms with E-state index in [0.717, 1.165) is 49.1 Å². The Morgan fingerprint density at radius 3 is 3.07 bits per heavy atom. The van der Waals surface area contributed by atoms with Gasteiger partial charge in [0.15, 0.2) is 5.96 Å². The molecule has 3 aromatic rings. The van der Waals surface area contributed by atoms with E-state index in [0.29, 0.717) is 12.1 Å². The molecule has 6 nitrogen and oxygen atoms in total. The molecule has 29 heavy (non-hydrogen) atoms. The van der Waals surface area contributed by atoms with Gasteiger partial charge in [-0.3, -0.25) is 9.67 Å². The summed E-state index contributed by atoms with van der Waals surface area (Å²) in [5, 5.41) is 12.8. The van der Waals surface area contributed by atoms with Gasteiger partial charge in [-0.15, -0.1) is 0 Å². The Balaban J connectivity index is 1.31. The molecule has 0 fully saturated rings. The Morgan fingerprint density at radius 2 is 2.28 bits per heavy atom. The number of nitrogens with one attached hydrogen (secondary N) is 3. The second-order valence-electron chi connectivity index (χ2n) is 8.01. The van der Waals surface area contributed by atoms with E-state index in [4.69, 9.17) is 5.10 Å². The molecule has 0 radical (unpaired) electrons. The Hall–Kier alpha value is -2.83. The van der Waals surface area contributed by atoms with Crippen LogP contribution in [-0.2, 0) is 19.3 Å². The van der Waals surface area contributed by atoms with E-state index in [1.165, 1.54) is 29.0 Å². The van der Waals surface area contributed by atoms with Gasteiger partial charge in [0.2, 0.25) is 0 Å².